The third-order valence-corrected chi connectivity index (χ3v) is 10.5. The summed E-state index contributed by atoms with van der Waals surface area (Å²) in [5, 5.41) is 11.0. The van der Waals surface area contributed by atoms with Gasteiger partial charge in [-0.1, -0.05) is 11.1 Å². The third kappa shape index (κ3) is 3.84. The molecule has 5 heterocycles. The Kier molecular flexibility index (Phi) is 6.98. The van der Waals surface area contributed by atoms with Crippen LogP contribution in [0.4, 0.5) is 0 Å². The normalized spacial score (nSPS) is 35.0. The fourth-order valence-corrected chi connectivity index (χ4v) is 7.85. The van der Waals surface area contributed by atoms with Crippen LogP contribution >= 0.6 is 23.5 Å². The second kappa shape index (κ2) is 9.84. The number of allylic oxidation sites excluding steroid dienone is 1. The van der Waals surface area contributed by atoms with Crippen LogP contribution in [0.1, 0.15) is 40.0 Å². The summed E-state index contributed by atoms with van der Waals surface area (Å²) in [6.45, 7) is 5.76. The van der Waals surface area contributed by atoms with Gasteiger partial charge in [0.25, 0.3) is 11.8 Å². The van der Waals surface area contributed by atoms with Gasteiger partial charge < -0.3 is 29.1 Å². The minimum absolute atomic E-state index is 0.129. The topological polar surface area (TPSA) is 106 Å². The highest BCUT2D eigenvalue weighted by molar-refractivity contribution is 8.01. The number of carbonyl (C=O) groups is 3. The van der Waals surface area contributed by atoms with Gasteiger partial charge in [0, 0.05) is 12.8 Å². The maximum absolute atomic E-state index is 14.6. The van der Waals surface area contributed by atoms with Crippen molar-refractivity contribution in [3.8, 4) is 0 Å². The van der Waals surface area contributed by atoms with Gasteiger partial charge in [0.2, 0.25) is 0 Å². The van der Waals surface area contributed by atoms with Crippen LogP contribution in [0.2, 0.25) is 0 Å². The summed E-state index contributed by atoms with van der Waals surface area (Å²) in [6.07, 6.45) is 11.3. The summed E-state index contributed by atoms with van der Waals surface area (Å²) >= 11 is 2.54. The fraction of sp³-hybridized carbons (Fsp3) is 0.519. The molecule has 2 amide bonds. The van der Waals surface area contributed by atoms with Crippen LogP contribution in [0.3, 0.4) is 0 Å². The van der Waals surface area contributed by atoms with Gasteiger partial charge in [0.05, 0.1) is 49.7 Å². The van der Waals surface area contributed by atoms with E-state index in [0.29, 0.717) is 11.1 Å². The summed E-state index contributed by atoms with van der Waals surface area (Å²) in [4.78, 5) is 42.7. The molecular formula is C27H32N2O7S2. The van der Waals surface area contributed by atoms with Crippen molar-refractivity contribution in [3.63, 3.8) is 0 Å². The van der Waals surface area contributed by atoms with E-state index in [1.54, 1.807) is 34.6 Å². The Morgan fingerprint density at radius 2 is 1.50 bits per heavy atom. The maximum Gasteiger partial charge on any atom is 0.310 e. The number of hydrogen-bond donors (Lipinski definition) is 1. The van der Waals surface area contributed by atoms with Crippen molar-refractivity contribution in [1.82, 2.24) is 9.80 Å². The van der Waals surface area contributed by atoms with Gasteiger partial charge in [0.1, 0.15) is 6.10 Å². The lowest BCUT2D eigenvalue weighted by molar-refractivity contribution is -0.169. The summed E-state index contributed by atoms with van der Waals surface area (Å²) in [5.74, 6) is -0.960. The molecule has 6 atom stereocenters. The Bertz CT molecular complexity index is 1220. The lowest BCUT2D eigenvalue weighted by Crippen LogP contribution is -2.74. The van der Waals surface area contributed by atoms with Crippen LogP contribution in [0.15, 0.2) is 59.5 Å². The Morgan fingerprint density at radius 1 is 0.974 bits per heavy atom. The Balaban J connectivity index is 1.58. The molecule has 0 unspecified atom stereocenters. The molecule has 5 aliphatic heterocycles. The molecule has 9 nitrogen and oxygen atoms in total. The zero-order chi connectivity index (χ0) is 27.4. The number of rotatable bonds is 5. The van der Waals surface area contributed by atoms with Crippen molar-refractivity contribution in [2.24, 2.45) is 0 Å². The van der Waals surface area contributed by atoms with Gasteiger partial charge in [0.15, 0.2) is 9.74 Å². The molecule has 3 saturated heterocycles. The molecule has 5 rings (SSSR count). The second-order valence-corrected chi connectivity index (χ2v) is 12.5. The Hall–Kier alpha value is -2.63. The van der Waals surface area contributed by atoms with Crippen LogP contribution in [0.5, 0.6) is 0 Å². The summed E-state index contributed by atoms with van der Waals surface area (Å²) in [7, 11) is 0. The maximum atomic E-state index is 14.6. The van der Waals surface area contributed by atoms with Crippen molar-refractivity contribution in [1.29, 1.82) is 0 Å². The number of nitrogens with zero attached hydrogens (tertiary/aromatic N) is 2. The first-order valence-electron chi connectivity index (χ1n) is 12.4. The quantitative estimate of drug-likeness (QED) is 0.401. The predicted molar refractivity (Wildman–Crippen MR) is 144 cm³/mol. The van der Waals surface area contributed by atoms with Gasteiger partial charge >= 0.3 is 5.97 Å². The van der Waals surface area contributed by atoms with E-state index in [2.05, 4.69) is 0 Å². The SMILES string of the molecule is CS[C@@]12CC3=COC=C[C@H](OC(=O)CC(C)=C(C)C)[C@H]3N1C(=O)[C@]1(SC)CC3=COC=C[C@H](O)[C@H]3N1C2=O. The highest BCUT2D eigenvalue weighted by atomic mass is 32.2. The van der Waals surface area contributed by atoms with Crippen LogP contribution in [0, 0.1) is 0 Å². The number of fused-ring (bicyclic) bond motifs is 6. The zero-order valence-electron chi connectivity index (χ0n) is 22.0. The smallest absolute Gasteiger partial charge is 0.310 e. The molecule has 1 N–H and O–H groups in total. The van der Waals surface area contributed by atoms with E-state index in [4.69, 9.17) is 14.2 Å². The lowest BCUT2D eigenvalue weighted by Gasteiger charge is -2.54. The molecule has 0 aromatic heterocycles. The van der Waals surface area contributed by atoms with Crippen molar-refractivity contribution in [2.75, 3.05) is 12.5 Å². The second-order valence-electron chi connectivity index (χ2n) is 10.3. The van der Waals surface area contributed by atoms with E-state index in [0.717, 1.165) is 11.1 Å². The number of thioether (sulfide) groups is 2. The van der Waals surface area contributed by atoms with Crippen LogP contribution in [-0.4, -0.2) is 79.2 Å². The van der Waals surface area contributed by atoms with E-state index in [-0.39, 0.29) is 31.1 Å². The first-order chi connectivity index (χ1) is 18.1. The molecule has 0 aliphatic carbocycles. The average molecular weight is 561 g/mol. The van der Waals surface area contributed by atoms with E-state index in [9.17, 15) is 19.5 Å². The molecule has 0 aromatic rings. The molecule has 38 heavy (non-hydrogen) atoms. The van der Waals surface area contributed by atoms with Gasteiger partial charge in [-0.05, 0) is 56.6 Å². The van der Waals surface area contributed by atoms with Crippen LogP contribution < -0.4 is 0 Å². The number of hydrogen-bond acceptors (Lipinski definition) is 9. The summed E-state index contributed by atoms with van der Waals surface area (Å²) in [5.41, 5.74) is 3.33. The van der Waals surface area contributed by atoms with Crippen molar-refractivity contribution >= 4 is 41.3 Å². The Labute approximate surface area is 230 Å². The number of amides is 2. The van der Waals surface area contributed by atoms with Crippen LogP contribution in [0.25, 0.3) is 0 Å². The standard InChI is InChI=1S/C27H32N2O7S2/c1-15(2)16(3)10-21(31)36-20-7-9-35-14-18-12-27(38-5)24(32)28-22-17(13-34-8-6-19(22)30)11-26(28,37-4)25(33)29(27)23(18)20/h6-9,13-14,19-20,22-23,30H,10-12H2,1-5H3/t19-,20-,22-,23-,26+,27+/m0/s1. The summed E-state index contributed by atoms with van der Waals surface area (Å²) < 4.78 is 16.9. The minimum Gasteiger partial charge on any atom is -0.473 e. The Morgan fingerprint density at radius 3 is 2.05 bits per heavy atom. The van der Waals surface area contributed by atoms with Crippen molar-refractivity contribution in [3.05, 3.63) is 59.5 Å². The zero-order valence-corrected chi connectivity index (χ0v) is 23.6. The minimum atomic E-state index is -1.28. The molecule has 0 saturated carbocycles. The largest absolute Gasteiger partial charge is 0.473 e. The van der Waals surface area contributed by atoms with Gasteiger partial charge in [-0.15, -0.1) is 23.5 Å². The first kappa shape index (κ1) is 27.0. The van der Waals surface area contributed by atoms with E-state index in [1.165, 1.54) is 48.4 Å². The molecule has 0 radical (unpaired) electrons. The molecule has 204 valence electrons. The fourth-order valence-electron chi connectivity index (χ4n) is 5.90. The molecule has 0 spiro atoms. The number of aliphatic hydroxyl groups excluding tert-OH is 1. The lowest BCUT2D eigenvalue weighted by atomic mass is 10.0. The van der Waals surface area contributed by atoms with Gasteiger partial charge in [-0.3, -0.25) is 14.4 Å². The van der Waals surface area contributed by atoms with E-state index in [1.807, 2.05) is 20.8 Å². The number of carbonyl (C=O) groups excluding carboxylic acids is 3. The monoisotopic (exact) mass is 560 g/mol. The molecule has 0 bridgehead atoms. The predicted octanol–water partition coefficient (Wildman–Crippen LogP) is 3.20. The molecule has 0 aromatic carbocycles. The number of esters is 1. The first-order valence-corrected chi connectivity index (χ1v) is 14.9. The number of piperazine rings is 1. The van der Waals surface area contributed by atoms with Gasteiger partial charge in [-0.25, -0.2) is 0 Å². The highest BCUT2D eigenvalue weighted by Crippen LogP contribution is 2.59. The molecule has 11 heteroatoms. The highest BCUT2D eigenvalue weighted by Gasteiger charge is 2.72. The number of ether oxygens (including phenoxy) is 3. The summed E-state index contributed by atoms with van der Waals surface area (Å²) in [6, 6.07) is -1.43. The average Bonchev–Trinajstić information content (AvgIpc) is 3.27. The van der Waals surface area contributed by atoms with E-state index < -0.39 is 40.0 Å². The van der Waals surface area contributed by atoms with Crippen LogP contribution in [-0.2, 0) is 28.6 Å². The molecule has 5 aliphatic rings. The molecule has 3 fully saturated rings. The number of aliphatic hydroxyl groups is 1. The van der Waals surface area contributed by atoms with E-state index >= 15 is 0 Å². The van der Waals surface area contributed by atoms with Crippen molar-refractivity contribution in [2.45, 2.75) is 74.1 Å². The van der Waals surface area contributed by atoms with Crippen molar-refractivity contribution < 1.29 is 33.7 Å². The molecular weight excluding hydrogens is 528 g/mol. The third-order valence-electron chi connectivity index (χ3n) is 8.07. The van der Waals surface area contributed by atoms with Gasteiger partial charge in [-0.2, -0.15) is 0 Å².